The standard InChI is InChI=1S/C29H24FN5O/c1-4-22(13-15-31-3)33-24-10-12-26(19(2)17-24)35-29(36)20-5-8-23(9-6-20)34-28-14-16-32-27-11-7-21(30)18-25(27)28/h1,5-18,33H,2-3H3,(H,32,34)(H,35,36)/b22-13+,31-15-. The van der Waals surface area contributed by atoms with E-state index in [2.05, 4.69) is 31.8 Å². The second kappa shape index (κ2) is 11.0. The molecule has 1 heterocycles. The minimum Gasteiger partial charge on any atom is -0.355 e. The number of anilines is 4. The van der Waals surface area contributed by atoms with E-state index in [1.54, 1.807) is 61.9 Å². The fourth-order valence-corrected chi connectivity index (χ4v) is 3.59. The maximum absolute atomic E-state index is 13.7. The number of carbonyl (C=O) groups excluding carboxylic acids is 1. The molecule has 36 heavy (non-hydrogen) atoms. The third kappa shape index (κ3) is 5.75. The Morgan fingerprint density at radius 3 is 2.50 bits per heavy atom. The van der Waals surface area contributed by atoms with Gasteiger partial charge in [0.25, 0.3) is 5.91 Å². The normalized spacial score (nSPS) is 11.3. The Bertz CT molecular complexity index is 1520. The van der Waals surface area contributed by atoms with Crippen LogP contribution in [0.4, 0.5) is 27.1 Å². The summed E-state index contributed by atoms with van der Waals surface area (Å²) in [6.45, 7) is 1.91. The Balaban J connectivity index is 1.44. The molecule has 0 radical (unpaired) electrons. The fourth-order valence-electron chi connectivity index (χ4n) is 3.59. The molecule has 1 aromatic heterocycles. The second-order valence-electron chi connectivity index (χ2n) is 7.96. The largest absolute Gasteiger partial charge is 0.355 e. The van der Waals surface area contributed by atoms with Gasteiger partial charge in [0.1, 0.15) is 5.82 Å². The lowest BCUT2D eigenvalue weighted by Gasteiger charge is -2.13. The first-order valence-electron chi connectivity index (χ1n) is 11.2. The summed E-state index contributed by atoms with van der Waals surface area (Å²) in [6.07, 6.45) is 10.5. The Morgan fingerprint density at radius 2 is 1.78 bits per heavy atom. The number of hydrogen-bond donors (Lipinski definition) is 3. The fraction of sp³-hybridized carbons (Fsp3) is 0.0690. The average Bonchev–Trinajstić information content (AvgIpc) is 2.88. The summed E-state index contributed by atoms with van der Waals surface area (Å²) in [5.74, 6) is 2.01. The van der Waals surface area contributed by atoms with Crippen molar-refractivity contribution in [3.63, 3.8) is 0 Å². The summed E-state index contributed by atoms with van der Waals surface area (Å²) in [5.41, 5.74) is 5.64. The number of aliphatic imine (C=N–C) groups is 1. The number of aryl methyl sites for hydroxylation is 1. The van der Waals surface area contributed by atoms with Crippen molar-refractivity contribution in [3.05, 3.63) is 102 Å². The van der Waals surface area contributed by atoms with Gasteiger partial charge in [-0.1, -0.05) is 5.92 Å². The molecule has 4 aromatic rings. The summed E-state index contributed by atoms with van der Waals surface area (Å²) in [5, 5.41) is 10.0. The molecule has 0 bridgehead atoms. The molecule has 0 spiro atoms. The first-order chi connectivity index (χ1) is 17.5. The van der Waals surface area contributed by atoms with Crippen LogP contribution in [0.15, 0.2) is 89.7 Å². The van der Waals surface area contributed by atoms with Gasteiger partial charge in [-0.05, 0) is 85.3 Å². The third-order valence-corrected chi connectivity index (χ3v) is 5.43. The maximum atomic E-state index is 13.7. The number of benzene rings is 3. The van der Waals surface area contributed by atoms with Gasteiger partial charge in [-0.25, -0.2) is 4.39 Å². The van der Waals surface area contributed by atoms with Crippen LogP contribution in [0.5, 0.6) is 0 Å². The second-order valence-corrected chi connectivity index (χ2v) is 7.96. The lowest BCUT2D eigenvalue weighted by molar-refractivity contribution is 0.102. The maximum Gasteiger partial charge on any atom is 0.255 e. The van der Waals surface area contributed by atoms with Crippen molar-refractivity contribution >= 4 is 45.8 Å². The topological polar surface area (TPSA) is 78.4 Å². The number of allylic oxidation sites excluding steroid dienone is 2. The van der Waals surface area contributed by atoms with Crippen LogP contribution in [0.2, 0.25) is 0 Å². The number of carbonyl (C=O) groups is 1. The smallest absolute Gasteiger partial charge is 0.255 e. The van der Waals surface area contributed by atoms with Gasteiger partial charge in [-0.3, -0.25) is 14.8 Å². The minimum absolute atomic E-state index is 0.231. The quantitative estimate of drug-likeness (QED) is 0.215. The molecule has 0 aliphatic carbocycles. The van der Waals surface area contributed by atoms with Crippen molar-refractivity contribution in [2.45, 2.75) is 6.92 Å². The van der Waals surface area contributed by atoms with Crippen LogP contribution in [0.3, 0.4) is 0 Å². The van der Waals surface area contributed by atoms with Crippen LogP contribution in [0.1, 0.15) is 15.9 Å². The molecule has 0 unspecified atom stereocenters. The van der Waals surface area contributed by atoms with Crippen LogP contribution in [-0.2, 0) is 0 Å². The van der Waals surface area contributed by atoms with Crippen molar-refractivity contribution in [2.24, 2.45) is 4.99 Å². The molecular weight excluding hydrogens is 453 g/mol. The number of terminal acetylenes is 1. The predicted octanol–water partition coefficient (Wildman–Crippen LogP) is 6.31. The highest BCUT2D eigenvalue weighted by Crippen LogP contribution is 2.26. The van der Waals surface area contributed by atoms with E-state index in [4.69, 9.17) is 6.42 Å². The van der Waals surface area contributed by atoms with Gasteiger partial charge in [-0.2, -0.15) is 0 Å². The number of hydrogen-bond acceptors (Lipinski definition) is 5. The van der Waals surface area contributed by atoms with Crippen LogP contribution in [0, 0.1) is 25.1 Å². The molecule has 4 rings (SSSR count). The number of nitrogens with zero attached hydrogens (tertiary/aromatic N) is 2. The zero-order valence-corrected chi connectivity index (χ0v) is 19.8. The molecule has 6 nitrogen and oxygen atoms in total. The van der Waals surface area contributed by atoms with Gasteiger partial charge in [0.2, 0.25) is 0 Å². The number of aromatic nitrogens is 1. The molecule has 0 saturated carbocycles. The zero-order valence-electron chi connectivity index (χ0n) is 19.8. The minimum atomic E-state index is -0.330. The van der Waals surface area contributed by atoms with Gasteiger partial charge < -0.3 is 16.0 Å². The number of rotatable bonds is 7. The Hall–Kier alpha value is -4.96. The highest BCUT2D eigenvalue weighted by Gasteiger charge is 2.10. The van der Waals surface area contributed by atoms with E-state index in [1.165, 1.54) is 12.1 Å². The van der Waals surface area contributed by atoms with Crippen LogP contribution in [-0.4, -0.2) is 24.2 Å². The van der Waals surface area contributed by atoms with E-state index in [9.17, 15) is 9.18 Å². The SMILES string of the molecule is C#C/C(=C\C=N/C)Nc1ccc(NC(=O)c2ccc(Nc3ccnc4ccc(F)cc34)cc2)c(C)c1. The molecule has 0 fully saturated rings. The Labute approximate surface area is 209 Å². The lowest BCUT2D eigenvalue weighted by atomic mass is 10.1. The van der Waals surface area contributed by atoms with Gasteiger partial charge >= 0.3 is 0 Å². The molecule has 178 valence electrons. The summed E-state index contributed by atoms with van der Waals surface area (Å²) >= 11 is 0. The van der Waals surface area contributed by atoms with Crippen molar-refractivity contribution in [3.8, 4) is 12.3 Å². The van der Waals surface area contributed by atoms with Crippen LogP contribution >= 0.6 is 0 Å². The van der Waals surface area contributed by atoms with Crippen molar-refractivity contribution in [2.75, 3.05) is 23.0 Å². The highest BCUT2D eigenvalue weighted by atomic mass is 19.1. The summed E-state index contributed by atoms with van der Waals surface area (Å²) < 4.78 is 13.7. The van der Waals surface area contributed by atoms with Crippen LogP contribution in [0.25, 0.3) is 10.9 Å². The zero-order chi connectivity index (χ0) is 25.5. The number of halogens is 1. The van der Waals surface area contributed by atoms with Crippen molar-refractivity contribution < 1.29 is 9.18 Å². The predicted molar refractivity (Wildman–Crippen MR) is 146 cm³/mol. The van der Waals surface area contributed by atoms with Crippen molar-refractivity contribution in [1.82, 2.24) is 4.98 Å². The molecule has 0 saturated heterocycles. The van der Waals surface area contributed by atoms with Gasteiger partial charge in [0.05, 0.1) is 11.2 Å². The molecule has 0 atom stereocenters. The Kier molecular flexibility index (Phi) is 7.37. The van der Waals surface area contributed by atoms with E-state index in [0.717, 1.165) is 22.6 Å². The first kappa shape index (κ1) is 24.2. The molecule has 1 amide bonds. The third-order valence-electron chi connectivity index (χ3n) is 5.43. The van der Waals surface area contributed by atoms with Gasteiger partial charge in [0.15, 0.2) is 0 Å². The number of pyridine rings is 1. The van der Waals surface area contributed by atoms with Gasteiger partial charge in [0, 0.05) is 53.2 Å². The van der Waals surface area contributed by atoms with E-state index in [1.807, 2.05) is 25.1 Å². The lowest BCUT2D eigenvalue weighted by Crippen LogP contribution is -2.13. The monoisotopic (exact) mass is 477 g/mol. The summed E-state index contributed by atoms with van der Waals surface area (Å²) in [6, 6.07) is 18.9. The van der Waals surface area contributed by atoms with E-state index >= 15 is 0 Å². The first-order valence-corrected chi connectivity index (χ1v) is 11.2. The molecular formula is C29H24FN5O. The van der Waals surface area contributed by atoms with E-state index < -0.39 is 0 Å². The van der Waals surface area contributed by atoms with E-state index in [0.29, 0.717) is 27.9 Å². The molecule has 0 aliphatic rings. The van der Waals surface area contributed by atoms with E-state index in [-0.39, 0.29) is 11.7 Å². The summed E-state index contributed by atoms with van der Waals surface area (Å²) in [4.78, 5) is 21.0. The number of nitrogens with one attached hydrogen (secondary N) is 3. The highest BCUT2D eigenvalue weighted by molar-refractivity contribution is 6.05. The molecule has 0 aliphatic heterocycles. The molecule has 3 N–H and O–H groups in total. The number of amides is 1. The number of fused-ring (bicyclic) bond motifs is 1. The Morgan fingerprint density at radius 1 is 1.00 bits per heavy atom. The van der Waals surface area contributed by atoms with Crippen molar-refractivity contribution in [1.29, 1.82) is 0 Å². The van der Waals surface area contributed by atoms with Crippen LogP contribution < -0.4 is 16.0 Å². The average molecular weight is 478 g/mol. The molecule has 7 heteroatoms. The van der Waals surface area contributed by atoms with Gasteiger partial charge in [-0.15, -0.1) is 6.42 Å². The summed E-state index contributed by atoms with van der Waals surface area (Å²) in [7, 11) is 1.67. The molecule has 3 aromatic carbocycles.